The maximum Gasteiger partial charge on any atom is 0.123 e. The van der Waals surface area contributed by atoms with E-state index in [4.69, 9.17) is 18.9 Å². The molecule has 1 aromatic carbocycles. The van der Waals surface area contributed by atoms with E-state index in [2.05, 4.69) is 144 Å². The number of ether oxygens (including phenoxy) is 4. The van der Waals surface area contributed by atoms with E-state index in [0.717, 1.165) is 91.5 Å². The van der Waals surface area contributed by atoms with Crippen molar-refractivity contribution in [2.24, 2.45) is 74.4 Å². The van der Waals surface area contributed by atoms with Crippen LogP contribution in [0.3, 0.4) is 0 Å². The van der Waals surface area contributed by atoms with Crippen LogP contribution in [0.5, 0.6) is 5.75 Å². The molecule has 0 amide bonds. The smallest absolute Gasteiger partial charge is 0.123 e. The SMILES string of the molecule is CC1(C)C2CC3CC(C2)CC1C3.CC1(C)CC2CCC1C2.CC1(C)CC2CCC1C2(C)C.CC1(C)CCCCC1.CC1CCCCO1.CC1CCCO1.CC1COCCO1.Cc1cc(C(C)(C)C)c(O)c(C(C)(C)C)c1. The van der Waals surface area contributed by atoms with Gasteiger partial charge in [0.15, 0.2) is 0 Å². The van der Waals surface area contributed by atoms with E-state index in [0.29, 0.717) is 51.1 Å². The predicted octanol–water partition coefficient (Wildman–Crippen LogP) is 20.2. The number of phenols is 1. The number of aromatic hydroxyl groups is 1. The van der Waals surface area contributed by atoms with Gasteiger partial charge in [-0.2, -0.15) is 0 Å². The lowest BCUT2D eigenvalue weighted by Crippen LogP contribution is -2.49. The summed E-state index contributed by atoms with van der Waals surface area (Å²) in [5, 5.41) is 10.4. The van der Waals surface area contributed by atoms with E-state index in [9.17, 15) is 5.11 Å². The van der Waals surface area contributed by atoms with Gasteiger partial charge in [0.1, 0.15) is 5.75 Å². The molecule has 3 saturated heterocycles. The fourth-order valence-corrected chi connectivity index (χ4v) is 16.9. The highest BCUT2D eigenvalue weighted by Gasteiger charge is 2.57. The zero-order chi connectivity index (χ0) is 56.5. The van der Waals surface area contributed by atoms with Crippen molar-refractivity contribution in [2.45, 2.75) is 309 Å². The predicted molar refractivity (Wildman–Crippen MR) is 326 cm³/mol. The second-order valence-electron chi connectivity index (χ2n) is 32.7. The normalized spacial score (nSPS) is 35.0. The van der Waals surface area contributed by atoms with Crippen molar-refractivity contribution >= 4 is 0 Å². The van der Waals surface area contributed by atoms with Crippen molar-refractivity contribution < 1.29 is 24.1 Å². The Morgan fingerprint density at radius 1 is 0.461 bits per heavy atom. The number of fused-ring (bicyclic) bond motifs is 4. The van der Waals surface area contributed by atoms with Gasteiger partial charge >= 0.3 is 0 Å². The minimum Gasteiger partial charge on any atom is -0.507 e. The zero-order valence-electron chi connectivity index (χ0n) is 54.2. The molecule has 1 aromatic rings. The third-order valence-corrected chi connectivity index (χ3v) is 21.8. The Kier molecular flexibility index (Phi) is 24.0. The molecular weight excluding hydrogens is 933 g/mol. The number of rotatable bonds is 0. The highest BCUT2D eigenvalue weighted by molar-refractivity contribution is 5.49. The molecule has 0 aromatic heterocycles. The lowest BCUT2D eigenvalue weighted by atomic mass is 9.46. The van der Waals surface area contributed by atoms with Gasteiger partial charge in [-0.3, -0.25) is 0 Å². The van der Waals surface area contributed by atoms with Gasteiger partial charge in [-0.1, -0.05) is 154 Å². The van der Waals surface area contributed by atoms with Gasteiger partial charge in [-0.15, -0.1) is 0 Å². The van der Waals surface area contributed by atoms with E-state index in [1.54, 1.807) is 38.5 Å². The van der Waals surface area contributed by atoms with E-state index >= 15 is 0 Å². The molecule has 7 unspecified atom stereocenters. The van der Waals surface area contributed by atoms with Crippen LogP contribution in [-0.2, 0) is 29.8 Å². The molecule has 5 heteroatoms. The molecule has 76 heavy (non-hydrogen) atoms. The second kappa shape index (κ2) is 27.8. The molecule has 7 atom stereocenters. The van der Waals surface area contributed by atoms with Crippen LogP contribution in [0.25, 0.3) is 0 Å². The van der Waals surface area contributed by atoms with Crippen LogP contribution in [0.15, 0.2) is 12.1 Å². The Bertz CT molecular complexity index is 1750. The first-order valence-corrected chi connectivity index (χ1v) is 32.5. The number of phenolic OH excluding ortho intramolecular Hbond substituents is 1. The molecule has 9 aliphatic carbocycles. The Hall–Kier alpha value is -1.14. The Balaban J connectivity index is 0.000000163. The number of hydrogen-bond acceptors (Lipinski definition) is 5. The third-order valence-electron chi connectivity index (χ3n) is 21.8. The fraction of sp³-hybridized carbons (Fsp3) is 0.915. The first-order chi connectivity index (χ1) is 35.2. The maximum absolute atomic E-state index is 10.4. The van der Waals surface area contributed by atoms with E-state index in [-0.39, 0.29) is 10.8 Å². The summed E-state index contributed by atoms with van der Waals surface area (Å²) in [7, 11) is 0. The molecule has 3 heterocycles. The highest BCUT2D eigenvalue weighted by atomic mass is 16.6. The fourth-order valence-electron chi connectivity index (χ4n) is 16.9. The average molecular weight is 1060 g/mol. The Morgan fingerprint density at radius 2 is 0.961 bits per heavy atom. The largest absolute Gasteiger partial charge is 0.507 e. The minimum absolute atomic E-state index is 0.0178. The summed E-state index contributed by atoms with van der Waals surface area (Å²) in [5.41, 5.74) is 6.65. The minimum atomic E-state index is -0.0178. The molecule has 12 aliphatic rings. The Morgan fingerprint density at radius 3 is 1.22 bits per heavy atom. The lowest BCUT2D eigenvalue weighted by Gasteiger charge is -2.59. The third kappa shape index (κ3) is 19.2. The summed E-state index contributed by atoms with van der Waals surface area (Å²) in [5.74, 6) is 9.16. The quantitative estimate of drug-likeness (QED) is 0.281. The topological polar surface area (TPSA) is 57.2 Å². The van der Waals surface area contributed by atoms with Crippen LogP contribution in [0, 0.1) is 81.3 Å². The highest BCUT2D eigenvalue weighted by Crippen LogP contribution is 2.65. The summed E-state index contributed by atoms with van der Waals surface area (Å²) in [6.07, 6.45) is 33.6. The molecule has 1 N–H and O–H groups in total. The van der Waals surface area contributed by atoms with Crippen molar-refractivity contribution in [2.75, 3.05) is 33.0 Å². The van der Waals surface area contributed by atoms with Crippen LogP contribution >= 0.6 is 0 Å². The van der Waals surface area contributed by atoms with E-state index in [1.165, 1.54) is 108 Å². The standard InChI is InChI=1S/C15H24O.C12H20.C11H20.C9H16.C8H16.C6H12O.C5H10O2.C5H10O/c1-10-8-11(14(2,3)4)13(16)12(9-10)15(5,6)7;1-12(2)10-4-8-3-9(6-10)7-11(12)5-8;1-10(2)7-8-5-6-9(10)11(8,3)4;1-9(2)6-7-3-4-8(9)5-7;1-8(2)6-4-3-5-7-8;1-6-4-2-3-5-7-6;1-5-4-6-2-3-7-5;1-5-3-2-4-6-5/h8-9,16H,1-7H3;8-11H,3-7H2,1-2H3;8-9H,5-7H2,1-4H3;7-8H,3-6H2,1-2H3;3-7H2,1-2H3;6H,2-5H2,1H3;5H,2-4H2,1H3;5H,2-4H2,1H3. The zero-order valence-corrected chi connectivity index (χ0v) is 54.2. The summed E-state index contributed by atoms with van der Waals surface area (Å²) >= 11 is 0. The first-order valence-electron chi connectivity index (χ1n) is 32.5. The van der Waals surface area contributed by atoms with Gasteiger partial charge < -0.3 is 24.1 Å². The first kappa shape index (κ1) is 65.7. The van der Waals surface area contributed by atoms with Crippen molar-refractivity contribution in [1.29, 1.82) is 0 Å². The van der Waals surface area contributed by atoms with Crippen LogP contribution in [-0.4, -0.2) is 56.5 Å². The maximum atomic E-state index is 10.4. The van der Waals surface area contributed by atoms with Gasteiger partial charge in [0.25, 0.3) is 0 Å². The van der Waals surface area contributed by atoms with Crippen molar-refractivity contribution in [3.63, 3.8) is 0 Å². The number of hydrogen-bond donors (Lipinski definition) is 1. The van der Waals surface area contributed by atoms with Crippen LogP contribution < -0.4 is 0 Å². The molecule has 442 valence electrons. The molecular formula is C71H128O5. The second-order valence-corrected chi connectivity index (χ2v) is 32.7. The summed E-state index contributed by atoms with van der Waals surface area (Å²) in [4.78, 5) is 0. The molecule has 9 saturated carbocycles. The van der Waals surface area contributed by atoms with Gasteiger partial charge in [0.05, 0.1) is 38.1 Å². The van der Waals surface area contributed by atoms with E-state index < -0.39 is 0 Å². The summed E-state index contributed by atoms with van der Waals surface area (Å²) in [6, 6.07) is 4.18. The molecule has 3 aliphatic heterocycles. The Labute approximate surface area is 472 Å². The van der Waals surface area contributed by atoms with Crippen molar-refractivity contribution in [3.05, 3.63) is 28.8 Å². The number of aryl methyl sites for hydroxylation is 1. The van der Waals surface area contributed by atoms with E-state index in [1.807, 2.05) is 6.92 Å². The lowest BCUT2D eigenvalue weighted by molar-refractivity contribution is -0.0876. The molecule has 13 rings (SSSR count). The van der Waals surface area contributed by atoms with Crippen molar-refractivity contribution in [3.8, 4) is 5.75 Å². The van der Waals surface area contributed by atoms with Gasteiger partial charge in [0, 0.05) is 13.2 Å². The summed E-state index contributed by atoms with van der Waals surface area (Å²) in [6.45, 7) is 50.0. The monoisotopic (exact) mass is 1060 g/mol. The number of benzene rings is 1. The van der Waals surface area contributed by atoms with Gasteiger partial charge in [-0.05, 0) is 240 Å². The van der Waals surface area contributed by atoms with Crippen LogP contribution in [0.2, 0.25) is 0 Å². The molecule has 12 fully saturated rings. The average Bonchev–Trinajstić information content (AvgIpc) is 4.15. The molecule has 0 radical (unpaired) electrons. The van der Waals surface area contributed by atoms with Crippen LogP contribution in [0.4, 0.5) is 0 Å². The molecule has 0 spiro atoms. The van der Waals surface area contributed by atoms with Gasteiger partial charge in [-0.25, -0.2) is 0 Å². The van der Waals surface area contributed by atoms with Crippen LogP contribution in [0.1, 0.15) is 289 Å². The molecule has 5 nitrogen and oxygen atoms in total. The summed E-state index contributed by atoms with van der Waals surface area (Å²) < 4.78 is 20.6. The molecule has 8 bridgehead atoms. The van der Waals surface area contributed by atoms with Crippen molar-refractivity contribution in [1.82, 2.24) is 0 Å². The van der Waals surface area contributed by atoms with Gasteiger partial charge in [0.2, 0.25) is 0 Å².